The predicted octanol–water partition coefficient (Wildman–Crippen LogP) is 3.86. The van der Waals surface area contributed by atoms with Gasteiger partial charge in [0.1, 0.15) is 6.54 Å². The van der Waals surface area contributed by atoms with E-state index >= 15 is 0 Å². The fourth-order valence-electron chi connectivity index (χ4n) is 4.58. The van der Waals surface area contributed by atoms with Crippen LogP contribution < -0.4 is 0 Å². The summed E-state index contributed by atoms with van der Waals surface area (Å²) < 4.78 is 2.19. The number of fused-ring (bicyclic) bond motifs is 1. The van der Waals surface area contributed by atoms with Crippen molar-refractivity contribution in [3.05, 3.63) is 58.9 Å². The Morgan fingerprint density at radius 3 is 2.52 bits per heavy atom. The van der Waals surface area contributed by atoms with Crippen LogP contribution >= 0.6 is 11.6 Å². The van der Waals surface area contributed by atoms with Crippen LogP contribution in [0.15, 0.2) is 42.6 Å². The lowest BCUT2D eigenvalue weighted by Crippen LogP contribution is -2.50. The highest BCUT2D eigenvalue weighted by Crippen LogP contribution is 2.37. The van der Waals surface area contributed by atoms with Crippen LogP contribution in [0.25, 0.3) is 0 Å². The van der Waals surface area contributed by atoms with Crippen molar-refractivity contribution in [3.63, 3.8) is 0 Å². The summed E-state index contributed by atoms with van der Waals surface area (Å²) >= 11 is 6.53. The van der Waals surface area contributed by atoms with Gasteiger partial charge >= 0.3 is 0 Å². The van der Waals surface area contributed by atoms with Gasteiger partial charge in [0.2, 0.25) is 11.8 Å². The van der Waals surface area contributed by atoms with Crippen molar-refractivity contribution in [1.29, 1.82) is 0 Å². The zero-order chi connectivity index (χ0) is 20.0. The van der Waals surface area contributed by atoms with Gasteiger partial charge in [-0.3, -0.25) is 9.59 Å². The van der Waals surface area contributed by atoms with E-state index in [4.69, 9.17) is 11.6 Å². The molecule has 152 valence electrons. The van der Waals surface area contributed by atoms with E-state index in [0.29, 0.717) is 11.6 Å². The van der Waals surface area contributed by atoms with E-state index in [2.05, 4.69) is 16.8 Å². The lowest BCUT2D eigenvalue weighted by molar-refractivity contribution is -0.146. The molecule has 29 heavy (non-hydrogen) atoms. The van der Waals surface area contributed by atoms with Gasteiger partial charge in [-0.15, -0.1) is 0 Å². The van der Waals surface area contributed by atoms with Crippen LogP contribution in [0, 0.1) is 5.92 Å². The Kier molecular flexibility index (Phi) is 4.86. The van der Waals surface area contributed by atoms with Crippen LogP contribution in [-0.2, 0) is 16.1 Å². The molecule has 0 N–H and O–H groups in total. The maximum absolute atomic E-state index is 13.5. The number of aromatic nitrogens is 1. The zero-order valence-electron chi connectivity index (χ0n) is 16.5. The molecular formula is C23H26ClN3O2. The lowest BCUT2D eigenvalue weighted by atomic mass is 9.84. The minimum atomic E-state index is -0.222. The van der Waals surface area contributed by atoms with Crippen LogP contribution in [0.4, 0.5) is 0 Å². The molecule has 0 radical (unpaired) electrons. The largest absolute Gasteiger partial charge is 0.348 e. The monoisotopic (exact) mass is 411 g/mol. The molecule has 1 aromatic carbocycles. The first-order valence-electron chi connectivity index (χ1n) is 10.6. The van der Waals surface area contributed by atoms with Gasteiger partial charge < -0.3 is 14.4 Å². The van der Waals surface area contributed by atoms with Gasteiger partial charge in [-0.2, -0.15) is 0 Å². The molecule has 1 atom stereocenters. The number of halogens is 1. The third-order valence-electron chi connectivity index (χ3n) is 6.59. The molecule has 6 heteroatoms. The summed E-state index contributed by atoms with van der Waals surface area (Å²) in [7, 11) is 0. The van der Waals surface area contributed by atoms with Gasteiger partial charge in [0, 0.05) is 42.0 Å². The Labute approximate surface area is 176 Å². The first kappa shape index (κ1) is 18.7. The Balaban J connectivity index is 1.43. The van der Waals surface area contributed by atoms with Crippen LogP contribution in [0.3, 0.4) is 0 Å². The molecule has 2 fully saturated rings. The molecule has 2 saturated carbocycles. The number of nitrogens with zero attached hydrogens (tertiary/aromatic N) is 3. The number of amides is 2. The molecule has 1 aliphatic heterocycles. The highest BCUT2D eigenvalue weighted by atomic mass is 35.5. The summed E-state index contributed by atoms with van der Waals surface area (Å²) in [5.41, 5.74) is 2.01. The molecule has 0 bridgehead atoms. The summed E-state index contributed by atoms with van der Waals surface area (Å²) in [4.78, 5) is 30.2. The van der Waals surface area contributed by atoms with Gasteiger partial charge in [0.25, 0.3) is 0 Å². The Morgan fingerprint density at radius 1 is 1.03 bits per heavy atom. The summed E-state index contributed by atoms with van der Waals surface area (Å²) in [5.74, 6) is 0.324. The Hall–Kier alpha value is -2.27. The van der Waals surface area contributed by atoms with Gasteiger partial charge in [0.15, 0.2) is 0 Å². The minimum absolute atomic E-state index is 0.0157. The number of hydrogen-bond acceptors (Lipinski definition) is 2. The number of carbonyl (C=O) groups excluding carboxylic acids is 2. The highest BCUT2D eigenvalue weighted by Gasteiger charge is 2.41. The molecule has 0 spiro atoms. The summed E-state index contributed by atoms with van der Waals surface area (Å²) in [6.45, 7) is 1.56. The van der Waals surface area contributed by atoms with Crippen molar-refractivity contribution in [2.24, 2.45) is 5.92 Å². The second-order valence-corrected chi connectivity index (χ2v) is 8.87. The van der Waals surface area contributed by atoms with Crippen molar-refractivity contribution in [2.75, 3.05) is 13.1 Å². The SMILES string of the molecule is O=C(C1CCC1)N(CC(=O)N1CCn2cccc2[C@@H]1c1ccccc1Cl)C1CC1. The fourth-order valence-corrected chi connectivity index (χ4v) is 4.81. The molecule has 2 aliphatic carbocycles. The van der Waals surface area contributed by atoms with Crippen LogP contribution in [0.1, 0.15) is 49.4 Å². The zero-order valence-corrected chi connectivity index (χ0v) is 17.2. The number of rotatable bonds is 5. The first-order valence-corrected chi connectivity index (χ1v) is 11.0. The molecule has 2 heterocycles. The average Bonchev–Trinajstić information content (AvgIpc) is 3.40. The standard InChI is InChI=1S/C23H26ClN3O2/c24-19-8-2-1-7-18(19)22-20-9-4-12-25(20)13-14-26(22)21(28)15-27(17-10-11-17)23(29)16-5-3-6-16/h1-2,4,7-9,12,16-17,22H,3,5-6,10-11,13-15H2/t22-/m0/s1. The molecule has 5 rings (SSSR count). The minimum Gasteiger partial charge on any atom is -0.348 e. The second-order valence-electron chi connectivity index (χ2n) is 8.46. The molecule has 3 aliphatic rings. The van der Waals surface area contributed by atoms with E-state index in [1.54, 1.807) is 0 Å². The van der Waals surface area contributed by atoms with Crippen LogP contribution in [0.5, 0.6) is 0 Å². The smallest absolute Gasteiger partial charge is 0.243 e. The number of carbonyl (C=O) groups is 2. The van der Waals surface area contributed by atoms with Gasteiger partial charge in [-0.1, -0.05) is 36.2 Å². The van der Waals surface area contributed by atoms with E-state index in [0.717, 1.165) is 49.9 Å². The average molecular weight is 412 g/mol. The van der Waals surface area contributed by atoms with Gasteiger partial charge in [0.05, 0.1) is 6.04 Å². The van der Waals surface area contributed by atoms with Crippen molar-refractivity contribution in [2.45, 2.75) is 50.7 Å². The van der Waals surface area contributed by atoms with Crippen molar-refractivity contribution in [1.82, 2.24) is 14.4 Å². The quantitative estimate of drug-likeness (QED) is 0.749. The third-order valence-corrected chi connectivity index (χ3v) is 6.93. The van der Waals surface area contributed by atoms with E-state index in [9.17, 15) is 9.59 Å². The molecule has 0 unspecified atom stereocenters. The fraction of sp³-hybridized carbons (Fsp3) is 0.478. The predicted molar refractivity (Wildman–Crippen MR) is 112 cm³/mol. The Bertz CT molecular complexity index is 932. The van der Waals surface area contributed by atoms with Crippen molar-refractivity contribution < 1.29 is 9.59 Å². The number of hydrogen-bond donors (Lipinski definition) is 0. The van der Waals surface area contributed by atoms with E-state index in [-0.39, 0.29) is 36.4 Å². The molecule has 2 aromatic rings. The van der Waals surface area contributed by atoms with E-state index < -0.39 is 0 Å². The second kappa shape index (κ2) is 7.52. The lowest BCUT2D eigenvalue weighted by Gasteiger charge is -2.39. The maximum atomic E-state index is 13.5. The van der Waals surface area contributed by atoms with Gasteiger partial charge in [-0.25, -0.2) is 0 Å². The van der Waals surface area contributed by atoms with E-state index in [1.165, 1.54) is 0 Å². The van der Waals surface area contributed by atoms with Gasteiger partial charge in [-0.05, 0) is 49.4 Å². The molecule has 5 nitrogen and oxygen atoms in total. The molecule has 2 amide bonds. The molecular weight excluding hydrogens is 386 g/mol. The third kappa shape index (κ3) is 3.46. The van der Waals surface area contributed by atoms with Crippen molar-refractivity contribution >= 4 is 23.4 Å². The summed E-state index contributed by atoms with van der Waals surface area (Å²) in [5, 5.41) is 0.662. The first-order chi connectivity index (χ1) is 14.1. The number of benzene rings is 1. The topological polar surface area (TPSA) is 45.6 Å². The van der Waals surface area contributed by atoms with E-state index in [1.807, 2.05) is 40.1 Å². The normalized spacial score (nSPS) is 21.4. The van der Waals surface area contributed by atoms with Crippen LogP contribution in [0.2, 0.25) is 5.02 Å². The van der Waals surface area contributed by atoms with Crippen molar-refractivity contribution in [3.8, 4) is 0 Å². The Morgan fingerprint density at radius 2 is 1.83 bits per heavy atom. The maximum Gasteiger partial charge on any atom is 0.243 e. The summed E-state index contributed by atoms with van der Waals surface area (Å²) in [6, 6.07) is 11.8. The molecule has 1 aromatic heterocycles. The molecule has 0 saturated heterocycles. The highest BCUT2D eigenvalue weighted by molar-refractivity contribution is 6.31. The summed E-state index contributed by atoms with van der Waals surface area (Å²) in [6.07, 6.45) is 7.15. The van der Waals surface area contributed by atoms with Crippen LogP contribution in [-0.4, -0.2) is 45.3 Å².